The number of hydrogen-bond donors (Lipinski definition) is 1. The number of fused-ring (bicyclic) bond motifs is 4. The van der Waals surface area contributed by atoms with Crippen LogP contribution in [0.15, 0.2) is 16.9 Å². The van der Waals surface area contributed by atoms with Gasteiger partial charge >= 0.3 is 6.01 Å². The minimum absolute atomic E-state index is 0.00777. The lowest BCUT2D eigenvalue weighted by atomic mass is 10.0. The number of carbonyl (C=O) groups is 1. The normalized spacial score (nSPS) is 23.5. The minimum atomic E-state index is -2.98. The number of thiophene rings is 1. The molecule has 4 fully saturated rings. The molecule has 2 aliphatic carbocycles. The first-order valence-corrected chi connectivity index (χ1v) is 15.4. The molecule has 1 amide bonds. The Hall–Kier alpha value is -4.45. The van der Waals surface area contributed by atoms with Gasteiger partial charge in [0.15, 0.2) is 5.82 Å². The number of piperazine rings is 1. The quantitative estimate of drug-likeness (QED) is 0.314. The standard InChI is InChI=1S/C30H25F4N7O3S/c1-44-29-37-22-20(26(38-29)39-10-13-4-5-14(11-39)40(13)27(42)17-8-30(17,33)34)28(43)41(12-2-3-12)23(21(22)32)15-6-7-18(31)24-19(15)16(9-35)25(36)45-24/h6-7,12-14,17H,2-5,8,10-11,36H2,1H3. The van der Waals surface area contributed by atoms with Gasteiger partial charge in [0.1, 0.15) is 39.5 Å². The summed E-state index contributed by atoms with van der Waals surface area (Å²) in [7, 11) is 1.31. The molecule has 0 spiro atoms. The molecule has 3 aromatic heterocycles. The van der Waals surface area contributed by atoms with Crippen molar-refractivity contribution < 1.29 is 27.1 Å². The summed E-state index contributed by atoms with van der Waals surface area (Å²) in [5.74, 6) is -6.20. The Morgan fingerprint density at radius 1 is 1.11 bits per heavy atom. The van der Waals surface area contributed by atoms with Gasteiger partial charge in [-0.3, -0.25) is 9.59 Å². The van der Waals surface area contributed by atoms with E-state index in [1.165, 1.54) is 17.7 Å². The number of ether oxygens (including phenoxy) is 1. The number of hydrogen-bond acceptors (Lipinski definition) is 9. The van der Waals surface area contributed by atoms with Gasteiger partial charge in [0.05, 0.1) is 23.1 Å². The Morgan fingerprint density at radius 2 is 1.78 bits per heavy atom. The summed E-state index contributed by atoms with van der Waals surface area (Å²) in [4.78, 5) is 39.5. The van der Waals surface area contributed by atoms with Gasteiger partial charge in [0.25, 0.3) is 11.5 Å². The van der Waals surface area contributed by atoms with Gasteiger partial charge in [-0.25, -0.2) is 17.6 Å². The summed E-state index contributed by atoms with van der Waals surface area (Å²) in [6.45, 7) is 0.417. The van der Waals surface area contributed by atoms with E-state index < -0.39 is 41.4 Å². The molecule has 2 N–H and O–H groups in total. The molecule has 232 valence electrons. The number of rotatable bonds is 5. The fourth-order valence-corrected chi connectivity index (χ4v) is 8.02. The molecule has 4 aliphatic rings. The number of alkyl halides is 2. The summed E-state index contributed by atoms with van der Waals surface area (Å²) in [6, 6.07) is 3.18. The number of halogens is 4. The number of pyridine rings is 1. The molecule has 5 heterocycles. The van der Waals surface area contributed by atoms with Crippen molar-refractivity contribution in [3.05, 3.63) is 39.7 Å². The molecule has 3 atom stereocenters. The number of anilines is 2. The Morgan fingerprint density at radius 3 is 2.38 bits per heavy atom. The molecule has 10 nitrogen and oxygen atoms in total. The first-order valence-electron chi connectivity index (χ1n) is 14.6. The molecule has 2 bridgehead atoms. The Balaban J connectivity index is 1.31. The first kappa shape index (κ1) is 28.1. The van der Waals surface area contributed by atoms with Crippen molar-refractivity contribution in [2.75, 3.05) is 30.8 Å². The molecule has 1 aromatic carbocycles. The van der Waals surface area contributed by atoms with Crippen LogP contribution in [0.4, 0.5) is 28.4 Å². The molecule has 45 heavy (non-hydrogen) atoms. The van der Waals surface area contributed by atoms with Gasteiger partial charge in [0.2, 0.25) is 5.91 Å². The van der Waals surface area contributed by atoms with Crippen molar-refractivity contribution in [2.45, 2.75) is 56.2 Å². The maximum atomic E-state index is 17.0. The van der Waals surface area contributed by atoms with Crippen molar-refractivity contribution >= 4 is 49.1 Å². The van der Waals surface area contributed by atoms with E-state index in [0.29, 0.717) is 25.7 Å². The van der Waals surface area contributed by atoms with Crippen molar-refractivity contribution in [2.24, 2.45) is 5.92 Å². The number of benzene rings is 1. The third-order valence-corrected chi connectivity index (χ3v) is 10.4. The molecule has 2 aliphatic heterocycles. The van der Waals surface area contributed by atoms with Gasteiger partial charge in [-0.15, -0.1) is 11.3 Å². The van der Waals surface area contributed by atoms with Crippen LogP contribution in [0.2, 0.25) is 0 Å². The molecular formula is C30H25F4N7O3S. The summed E-state index contributed by atoms with van der Waals surface area (Å²) in [5.41, 5.74) is 5.16. The number of aromatic nitrogens is 3. The highest BCUT2D eigenvalue weighted by molar-refractivity contribution is 7.23. The van der Waals surface area contributed by atoms with E-state index in [1.807, 2.05) is 6.07 Å². The van der Waals surface area contributed by atoms with E-state index in [1.54, 1.807) is 9.80 Å². The van der Waals surface area contributed by atoms with Crippen LogP contribution in [0.3, 0.4) is 0 Å². The van der Waals surface area contributed by atoms with E-state index in [4.69, 9.17) is 10.5 Å². The number of nitriles is 1. The highest BCUT2D eigenvalue weighted by Gasteiger charge is 2.64. The third kappa shape index (κ3) is 4.04. The molecule has 8 rings (SSSR count). The predicted octanol–water partition coefficient (Wildman–Crippen LogP) is 4.58. The number of methoxy groups -OCH3 is 1. The number of nitrogens with two attached hydrogens (primary N) is 1. The molecule has 2 saturated heterocycles. The monoisotopic (exact) mass is 639 g/mol. The van der Waals surface area contributed by atoms with Crippen LogP contribution in [0.25, 0.3) is 32.2 Å². The van der Waals surface area contributed by atoms with Crippen molar-refractivity contribution in [1.29, 1.82) is 5.26 Å². The zero-order valence-corrected chi connectivity index (χ0v) is 24.6. The van der Waals surface area contributed by atoms with Crippen LogP contribution in [-0.2, 0) is 4.79 Å². The smallest absolute Gasteiger partial charge is 0.318 e. The Kier molecular flexibility index (Phi) is 5.94. The van der Waals surface area contributed by atoms with E-state index in [9.17, 15) is 28.0 Å². The van der Waals surface area contributed by atoms with Crippen LogP contribution < -0.4 is 20.9 Å². The lowest BCUT2D eigenvalue weighted by molar-refractivity contribution is -0.138. The van der Waals surface area contributed by atoms with E-state index in [0.717, 1.165) is 17.4 Å². The lowest BCUT2D eigenvalue weighted by Crippen LogP contribution is -2.57. The second-order valence-corrected chi connectivity index (χ2v) is 13.2. The summed E-state index contributed by atoms with van der Waals surface area (Å²) in [6.07, 6.45) is 1.95. The second-order valence-electron chi connectivity index (χ2n) is 12.1. The molecule has 2 saturated carbocycles. The molecule has 4 aromatic rings. The average Bonchev–Trinajstić information content (AvgIpc) is 3.91. The lowest BCUT2D eigenvalue weighted by Gasteiger charge is -2.42. The van der Waals surface area contributed by atoms with E-state index in [2.05, 4.69) is 9.97 Å². The van der Waals surface area contributed by atoms with Crippen LogP contribution in [-0.4, -0.2) is 63.5 Å². The number of amides is 1. The Labute approximate surface area is 256 Å². The molecule has 0 radical (unpaired) electrons. The van der Waals surface area contributed by atoms with Crippen molar-refractivity contribution in [1.82, 2.24) is 19.4 Å². The fraction of sp³-hybridized carbons (Fsp3) is 0.433. The molecular weight excluding hydrogens is 614 g/mol. The van der Waals surface area contributed by atoms with Gasteiger partial charge in [-0.05, 0) is 37.8 Å². The van der Waals surface area contributed by atoms with Crippen LogP contribution in [0.5, 0.6) is 6.01 Å². The van der Waals surface area contributed by atoms with Crippen LogP contribution in [0.1, 0.15) is 43.7 Å². The van der Waals surface area contributed by atoms with Crippen LogP contribution in [0, 0.1) is 28.9 Å². The van der Waals surface area contributed by atoms with Gasteiger partial charge in [0, 0.05) is 48.6 Å². The number of carbonyl (C=O) groups excluding carboxylic acids is 1. The fourth-order valence-electron chi connectivity index (χ4n) is 7.07. The zero-order chi connectivity index (χ0) is 31.5. The van der Waals surface area contributed by atoms with Crippen molar-refractivity contribution in [3.63, 3.8) is 0 Å². The number of nitrogens with zero attached hydrogens (tertiary/aromatic N) is 6. The highest BCUT2D eigenvalue weighted by Crippen LogP contribution is 2.51. The third-order valence-electron chi connectivity index (χ3n) is 9.40. The molecule has 15 heteroatoms. The van der Waals surface area contributed by atoms with E-state index in [-0.39, 0.29) is 85.9 Å². The zero-order valence-electron chi connectivity index (χ0n) is 23.8. The SMILES string of the molecule is COc1nc(N2CC3CCC(C2)N3C(=O)C2CC2(F)F)c2c(=O)n(C3CC3)c(-c3ccc(F)c4sc(N)c(C#N)c34)c(F)c2n1. The van der Waals surface area contributed by atoms with Gasteiger partial charge in [-0.1, -0.05) is 0 Å². The van der Waals surface area contributed by atoms with E-state index >= 15 is 4.39 Å². The van der Waals surface area contributed by atoms with Gasteiger partial charge < -0.3 is 24.8 Å². The minimum Gasteiger partial charge on any atom is -0.467 e. The average molecular weight is 640 g/mol. The van der Waals surface area contributed by atoms with Crippen LogP contribution >= 0.6 is 11.3 Å². The highest BCUT2D eigenvalue weighted by atomic mass is 32.1. The first-order chi connectivity index (χ1) is 21.5. The largest absolute Gasteiger partial charge is 0.467 e. The predicted molar refractivity (Wildman–Crippen MR) is 157 cm³/mol. The molecule has 3 unspecified atom stereocenters. The second kappa shape index (κ2) is 9.53. The van der Waals surface area contributed by atoms with Crippen molar-refractivity contribution in [3.8, 4) is 23.3 Å². The maximum Gasteiger partial charge on any atom is 0.318 e. The summed E-state index contributed by atoms with van der Waals surface area (Å²) >= 11 is 0.872. The summed E-state index contributed by atoms with van der Waals surface area (Å²) in [5, 5.41) is 9.96. The topological polar surface area (TPSA) is 130 Å². The number of nitrogen functional groups attached to an aromatic ring is 1. The summed E-state index contributed by atoms with van der Waals surface area (Å²) < 4.78 is 66.1. The Bertz CT molecular complexity index is 2060. The van der Waals surface area contributed by atoms with Gasteiger partial charge in [-0.2, -0.15) is 15.2 Å². The maximum absolute atomic E-state index is 17.0.